The Morgan fingerprint density at radius 1 is 0.917 bits per heavy atom. The third-order valence-electron chi connectivity index (χ3n) is 5.88. The number of carbonyl (C=O) groups excluding carboxylic acids is 2. The van der Waals surface area contributed by atoms with Crippen molar-refractivity contribution in [3.05, 3.63) is 112 Å². The average molecular weight is 516 g/mol. The minimum atomic E-state index is -0.308. The summed E-state index contributed by atoms with van der Waals surface area (Å²) in [6.07, 6.45) is 1.71. The van der Waals surface area contributed by atoms with Gasteiger partial charge in [-0.15, -0.1) is 0 Å². The van der Waals surface area contributed by atoms with E-state index in [0.29, 0.717) is 28.0 Å². The number of methoxy groups -OCH3 is 1. The standard InChI is InChI=1S/C29H22ClNO4S/c1-34-25-14-11-20(15-26(25)35-18-19-9-12-23(30)13-10-19)16-27-28(32)31(29(33)36-27)17-22-7-4-6-21-5-2-3-8-24(21)22/h2-16H,17-18H2,1H3/b27-16-. The Bertz CT molecular complexity index is 1480. The first-order chi connectivity index (χ1) is 17.5. The van der Waals surface area contributed by atoms with Crippen LogP contribution in [-0.2, 0) is 17.9 Å². The second-order valence-electron chi connectivity index (χ2n) is 8.23. The van der Waals surface area contributed by atoms with Crippen LogP contribution in [0.5, 0.6) is 11.5 Å². The maximum absolute atomic E-state index is 13.2. The predicted octanol–water partition coefficient (Wildman–Crippen LogP) is 7.32. The lowest BCUT2D eigenvalue weighted by atomic mass is 10.0. The van der Waals surface area contributed by atoms with Crippen molar-refractivity contribution >= 4 is 51.4 Å². The van der Waals surface area contributed by atoms with Crippen molar-refractivity contribution in [2.24, 2.45) is 0 Å². The fourth-order valence-electron chi connectivity index (χ4n) is 4.03. The van der Waals surface area contributed by atoms with Crippen molar-refractivity contribution in [3.63, 3.8) is 0 Å². The quantitative estimate of drug-likeness (QED) is 0.241. The van der Waals surface area contributed by atoms with E-state index in [1.165, 1.54) is 4.90 Å². The van der Waals surface area contributed by atoms with Gasteiger partial charge in [-0.25, -0.2) is 0 Å². The molecule has 36 heavy (non-hydrogen) atoms. The molecule has 7 heteroatoms. The van der Waals surface area contributed by atoms with E-state index in [0.717, 1.165) is 39.2 Å². The topological polar surface area (TPSA) is 55.8 Å². The Labute approximate surface area is 218 Å². The van der Waals surface area contributed by atoms with E-state index >= 15 is 0 Å². The van der Waals surface area contributed by atoms with E-state index in [1.54, 1.807) is 25.3 Å². The number of ether oxygens (including phenoxy) is 2. The fourth-order valence-corrected chi connectivity index (χ4v) is 4.99. The van der Waals surface area contributed by atoms with Crippen molar-refractivity contribution in [1.82, 2.24) is 4.90 Å². The molecule has 0 saturated carbocycles. The van der Waals surface area contributed by atoms with Gasteiger partial charge in [0.2, 0.25) is 0 Å². The van der Waals surface area contributed by atoms with Gasteiger partial charge in [-0.3, -0.25) is 14.5 Å². The molecule has 1 saturated heterocycles. The van der Waals surface area contributed by atoms with Crippen molar-refractivity contribution in [3.8, 4) is 11.5 Å². The summed E-state index contributed by atoms with van der Waals surface area (Å²) in [5.74, 6) is 0.804. The predicted molar refractivity (Wildman–Crippen MR) is 144 cm³/mol. The van der Waals surface area contributed by atoms with Crippen LogP contribution in [-0.4, -0.2) is 23.2 Å². The number of halogens is 1. The van der Waals surface area contributed by atoms with E-state index < -0.39 is 0 Å². The smallest absolute Gasteiger partial charge is 0.293 e. The van der Waals surface area contributed by atoms with Gasteiger partial charge in [-0.1, -0.05) is 72.3 Å². The van der Waals surface area contributed by atoms with Gasteiger partial charge >= 0.3 is 0 Å². The molecule has 5 rings (SSSR count). The third-order valence-corrected chi connectivity index (χ3v) is 7.03. The first-order valence-electron chi connectivity index (χ1n) is 11.3. The van der Waals surface area contributed by atoms with E-state index in [2.05, 4.69) is 0 Å². The zero-order chi connectivity index (χ0) is 25.1. The van der Waals surface area contributed by atoms with Crippen LogP contribution < -0.4 is 9.47 Å². The largest absolute Gasteiger partial charge is 0.493 e. The van der Waals surface area contributed by atoms with Crippen LogP contribution in [0.4, 0.5) is 4.79 Å². The van der Waals surface area contributed by atoms with Crippen LogP contribution >= 0.6 is 23.4 Å². The second-order valence-corrected chi connectivity index (χ2v) is 9.66. The molecule has 0 N–H and O–H groups in total. The number of thioether (sulfide) groups is 1. The van der Waals surface area contributed by atoms with Gasteiger partial charge in [0.25, 0.3) is 11.1 Å². The van der Waals surface area contributed by atoms with Crippen molar-refractivity contribution in [2.75, 3.05) is 7.11 Å². The third kappa shape index (κ3) is 5.10. The Kier molecular flexibility index (Phi) is 6.98. The number of fused-ring (bicyclic) bond motifs is 1. The molecular weight excluding hydrogens is 494 g/mol. The molecule has 1 aliphatic rings. The number of nitrogens with zero attached hydrogens (tertiary/aromatic N) is 1. The summed E-state index contributed by atoms with van der Waals surface area (Å²) in [6.45, 7) is 0.556. The van der Waals surface area contributed by atoms with E-state index in [1.807, 2.05) is 72.8 Å². The molecule has 0 atom stereocenters. The normalized spacial score (nSPS) is 14.6. The van der Waals surface area contributed by atoms with E-state index in [4.69, 9.17) is 21.1 Å². The summed E-state index contributed by atoms with van der Waals surface area (Å²) in [7, 11) is 1.57. The van der Waals surface area contributed by atoms with Crippen molar-refractivity contribution in [2.45, 2.75) is 13.2 Å². The van der Waals surface area contributed by atoms with E-state index in [-0.39, 0.29) is 17.7 Å². The summed E-state index contributed by atoms with van der Waals surface area (Å²) >= 11 is 6.90. The number of imide groups is 1. The van der Waals surface area contributed by atoms with Gasteiger partial charge in [0.15, 0.2) is 11.5 Å². The maximum atomic E-state index is 13.2. The number of hydrogen-bond donors (Lipinski definition) is 0. The van der Waals surface area contributed by atoms with Gasteiger partial charge in [-0.2, -0.15) is 0 Å². The zero-order valence-electron chi connectivity index (χ0n) is 19.4. The molecule has 0 bridgehead atoms. The number of hydrogen-bond acceptors (Lipinski definition) is 5. The van der Waals surface area contributed by atoms with Crippen LogP contribution in [0.2, 0.25) is 5.02 Å². The molecule has 0 radical (unpaired) electrons. The van der Waals surface area contributed by atoms with Crippen LogP contribution in [0.1, 0.15) is 16.7 Å². The monoisotopic (exact) mass is 515 g/mol. The summed E-state index contributed by atoms with van der Waals surface area (Å²) < 4.78 is 11.4. The lowest BCUT2D eigenvalue weighted by Gasteiger charge is -2.14. The first kappa shape index (κ1) is 24.0. The highest BCUT2D eigenvalue weighted by Crippen LogP contribution is 2.36. The molecule has 1 fully saturated rings. The lowest BCUT2D eigenvalue weighted by Crippen LogP contribution is -2.27. The molecule has 1 aliphatic heterocycles. The highest BCUT2D eigenvalue weighted by atomic mass is 35.5. The van der Waals surface area contributed by atoms with Crippen LogP contribution in [0.3, 0.4) is 0 Å². The minimum Gasteiger partial charge on any atom is -0.493 e. The SMILES string of the molecule is COc1ccc(/C=C2\SC(=O)N(Cc3cccc4ccccc34)C2=O)cc1OCc1ccc(Cl)cc1. The summed E-state index contributed by atoms with van der Waals surface area (Å²) in [6, 6.07) is 26.7. The Hall–Kier alpha value is -3.74. The first-order valence-corrected chi connectivity index (χ1v) is 12.5. The van der Waals surface area contributed by atoms with Gasteiger partial charge in [0, 0.05) is 5.02 Å². The van der Waals surface area contributed by atoms with Gasteiger partial charge < -0.3 is 9.47 Å². The fraction of sp³-hybridized carbons (Fsp3) is 0.103. The molecule has 1 heterocycles. The number of benzene rings is 4. The second kappa shape index (κ2) is 10.5. The number of amides is 2. The molecule has 0 spiro atoms. The summed E-state index contributed by atoms with van der Waals surface area (Å²) in [4.78, 5) is 27.6. The minimum absolute atomic E-state index is 0.224. The lowest BCUT2D eigenvalue weighted by molar-refractivity contribution is -0.123. The van der Waals surface area contributed by atoms with Crippen molar-refractivity contribution in [1.29, 1.82) is 0 Å². The van der Waals surface area contributed by atoms with Crippen LogP contribution in [0, 0.1) is 0 Å². The maximum Gasteiger partial charge on any atom is 0.293 e. The summed E-state index contributed by atoms with van der Waals surface area (Å²) in [5, 5.41) is 2.47. The molecule has 4 aromatic rings. The molecule has 4 aromatic carbocycles. The molecule has 180 valence electrons. The van der Waals surface area contributed by atoms with Gasteiger partial charge in [-0.05, 0) is 69.6 Å². The Morgan fingerprint density at radius 3 is 2.50 bits per heavy atom. The molecule has 0 aromatic heterocycles. The van der Waals surface area contributed by atoms with Gasteiger partial charge in [0.05, 0.1) is 18.6 Å². The van der Waals surface area contributed by atoms with E-state index in [9.17, 15) is 9.59 Å². The Morgan fingerprint density at radius 2 is 1.69 bits per heavy atom. The van der Waals surface area contributed by atoms with Crippen LogP contribution in [0.25, 0.3) is 16.8 Å². The van der Waals surface area contributed by atoms with Crippen LogP contribution in [0.15, 0.2) is 89.8 Å². The van der Waals surface area contributed by atoms with Gasteiger partial charge in [0.1, 0.15) is 6.61 Å². The number of rotatable bonds is 7. The summed E-state index contributed by atoms with van der Waals surface area (Å²) in [5.41, 5.74) is 2.62. The molecule has 5 nitrogen and oxygen atoms in total. The highest BCUT2D eigenvalue weighted by Gasteiger charge is 2.35. The molecule has 0 unspecified atom stereocenters. The molecule has 2 amide bonds. The number of carbonyl (C=O) groups is 2. The molecule has 0 aliphatic carbocycles. The molecular formula is C29H22ClNO4S. The highest BCUT2D eigenvalue weighted by molar-refractivity contribution is 8.18. The zero-order valence-corrected chi connectivity index (χ0v) is 21.0. The van der Waals surface area contributed by atoms with Crippen molar-refractivity contribution < 1.29 is 19.1 Å². The average Bonchev–Trinajstić information content (AvgIpc) is 3.16. The Balaban J connectivity index is 1.36.